The van der Waals surface area contributed by atoms with Crippen molar-refractivity contribution < 1.29 is 9.90 Å². The molecule has 4 heteroatoms. The molecule has 1 aromatic heterocycles. The smallest absolute Gasteiger partial charge is 0.242 e. The molecule has 2 N–H and O–H groups in total. The zero-order valence-electron chi connectivity index (χ0n) is 10.8. The number of nitrogens with one attached hydrogen (secondary N) is 1. The highest BCUT2D eigenvalue weighted by Crippen LogP contribution is 2.07. The van der Waals surface area contributed by atoms with E-state index >= 15 is 0 Å². The predicted molar refractivity (Wildman–Crippen MR) is 67.6 cm³/mol. The fourth-order valence-corrected chi connectivity index (χ4v) is 1.57. The van der Waals surface area contributed by atoms with E-state index in [0.29, 0.717) is 13.0 Å². The summed E-state index contributed by atoms with van der Waals surface area (Å²) in [5, 5.41) is 12.4. The van der Waals surface area contributed by atoms with Crippen LogP contribution in [0.2, 0.25) is 0 Å². The number of hydrogen-bond acceptors (Lipinski definition) is 2. The first-order valence-corrected chi connectivity index (χ1v) is 6.10. The minimum Gasteiger partial charge on any atom is -0.393 e. The Hall–Kier alpha value is -1.29. The minimum atomic E-state index is -0.350. The maximum absolute atomic E-state index is 11.8. The molecule has 17 heavy (non-hydrogen) atoms. The molecule has 1 aromatic rings. The van der Waals surface area contributed by atoms with E-state index in [1.807, 2.05) is 49.9 Å². The van der Waals surface area contributed by atoms with Crippen LogP contribution in [0.1, 0.15) is 33.2 Å². The first kappa shape index (κ1) is 13.8. The molecule has 0 aliphatic rings. The Morgan fingerprint density at radius 2 is 1.88 bits per heavy atom. The summed E-state index contributed by atoms with van der Waals surface area (Å²) in [7, 11) is 0. The van der Waals surface area contributed by atoms with Crippen molar-refractivity contribution in [3.63, 3.8) is 0 Å². The van der Waals surface area contributed by atoms with Crippen LogP contribution in [-0.2, 0) is 4.79 Å². The van der Waals surface area contributed by atoms with Gasteiger partial charge in [-0.25, -0.2) is 0 Å². The summed E-state index contributed by atoms with van der Waals surface area (Å²) >= 11 is 0. The number of carbonyl (C=O) groups is 1. The van der Waals surface area contributed by atoms with Gasteiger partial charge in [0.2, 0.25) is 5.91 Å². The van der Waals surface area contributed by atoms with E-state index < -0.39 is 0 Å². The Morgan fingerprint density at radius 1 is 1.29 bits per heavy atom. The van der Waals surface area contributed by atoms with Crippen LogP contribution >= 0.6 is 0 Å². The molecule has 1 heterocycles. The summed E-state index contributed by atoms with van der Waals surface area (Å²) in [5.74, 6) is 0.214. The zero-order chi connectivity index (χ0) is 12.8. The monoisotopic (exact) mass is 238 g/mol. The standard InChI is InChI=1S/C13H22N2O2/c1-10(2)12(16)6-7-14-13(17)11(3)15-8-4-5-9-15/h4-5,8-12,16H,6-7H2,1-3H3,(H,14,17). The summed E-state index contributed by atoms with van der Waals surface area (Å²) in [6, 6.07) is 3.58. The normalized spacial score (nSPS) is 14.6. The number of aliphatic hydroxyl groups excluding tert-OH is 1. The number of carbonyl (C=O) groups excluding carboxylic acids is 1. The van der Waals surface area contributed by atoms with Crippen molar-refractivity contribution in [2.24, 2.45) is 5.92 Å². The molecule has 0 bridgehead atoms. The number of rotatable bonds is 6. The van der Waals surface area contributed by atoms with Gasteiger partial charge in [0.1, 0.15) is 6.04 Å². The SMILES string of the molecule is CC(C)C(O)CCNC(=O)C(C)n1cccc1. The third kappa shape index (κ3) is 4.23. The maximum atomic E-state index is 11.8. The molecule has 0 aromatic carbocycles. The molecule has 0 spiro atoms. The third-order valence-electron chi connectivity index (χ3n) is 2.96. The molecule has 0 saturated heterocycles. The van der Waals surface area contributed by atoms with E-state index in [2.05, 4.69) is 5.32 Å². The van der Waals surface area contributed by atoms with Gasteiger partial charge in [0, 0.05) is 18.9 Å². The van der Waals surface area contributed by atoms with Crippen LogP contribution in [0.4, 0.5) is 0 Å². The molecule has 2 unspecified atom stereocenters. The van der Waals surface area contributed by atoms with Gasteiger partial charge in [0.05, 0.1) is 6.10 Å². The minimum absolute atomic E-state index is 0.0165. The maximum Gasteiger partial charge on any atom is 0.242 e. The van der Waals surface area contributed by atoms with Gasteiger partial charge in [-0.05, 0) is 31.4 Å². The van der Waals surface area contributed by atoms with Crippen LogP contribution in [0.3, 0.4) is 0 Å². The van der Waals surface area contributed by atoms with Crippen LogP contribution in [-0.4, -0.2) is 28.2 Å². The molecular formula is C13H22N2O2. The van der Waals surface area contributed by atoms with Crippen molar-refractivity contribution in [3.05, 3.63) is 24.5 Å². The van der Waals surface area contributed by atoms with Crippen molar-refractivity contribution in [3.8, 4) is 0 Å². The van der Waals surface area contributed by atoms with Gasteiger partial charge in [0.15, 0.2) is 0 Å². The zero-order valence-corrected chi connectivity index (χ0v) is 10.8. The third-order valence-corrected chi connectivity index (χ3v) is 2.96. The highest BCUT2D eigenvalue weighted by molar-refractivity contribution is 5.79. The highest BCUT2D eigenvalue weighted by Gasteiger charge is 2.14. The van der Waals surface area contributed by atoms with Gasteiger partial charge in [-0.1, -0.05) is 13.8 Å². The quantitative estimate of drug-likeness (QED) is 0.790. The first-order chi connectivity index (χ1) is 8.02. The topological polar surface area (TPSA) is 54.3 Å². The number of aromatic nitrogens is 1. The van der Waals surface area contributed by atoms with E-state index in [1.165, 1.54) is 0 Å². The van der Waals surface area contributed by atoms with Crippen molar-refractivity contribution in [1.29, 1.82) is 0 Å². The Balaban J connectivity index is 2.30. The van der Waals surface area contributed by atoms with Crippen molar-refractivity contribution in [1.82, 2.24) is 9.88 Å². The molecule has 1 rings (SSSR count). The fourth-order valence-electron chi connectivity index (χ4n) is 1.57. The van der Waals surface area contributed by atoms with E-state index in [9.17, 15) is 9.90 Å². The first-order valence-electron chi connectivity index (χ1n) is 6.10. The van der Waals surface area contributed by atoms with E-state index in [0.717, 1.165) is 0 Å². The highest BCUT2D eigenvalue weighted by atomic mass is 16.3. The van der Waals surface area contributed by atoms with Gasteiger partial charge in [-0.3, -0.25) is 4.79 Å². The van der Waals surface area contributed by atoms with E-state index in [1.54, 1.807) is 0 Å². The van der Waals surface area contributed by atoms with Crippen LogP contribution in [0, 0.1) is 5.92 Å². The molecule has 2 atom stereocenters. The van der Waals surface area contributed by atoms with Crippen LogP contribution < -0.4 is 5.32 Å². The summed E-state index contributed by atoms with van der Waals surface area (Å²) in [5.41, 5.74) is 0. The summed E-state index contributed by atoms with van der Waals surface area (Å²) < 4.78 is 1.86. The second-order valence-electron chi connectivity index (χ2n) is 4.70. The summed E-state index contributed by atoms with van der Waals surface area (Å²) in [4.78, 5) is 11.8. The Kier molecular flexibility index (Phi) is 5.22. The second-order valence-corrected chi connectivity index (χ2v) is 4.70. The van der Waals surface area contributed by atoms with Gasteiger partial charge < -0.3 is 15.0 Å². The Bertz CT molecular complexity index is 333. The molecule has 0 aliphatic carbocycles. The summed E-state index contributed by atoms with van der Waals surface area (Å²) in [6.45, 7) is 6.31. The Morgan fingerprint density at radius 3 is 2.41 bits per heavy atom. The predicted octanol–water partition coefficient (Wildman–Crippen LogP) is 1.57. The molecule has 0 saturated carbocycles. The van der Waals surface area contributed by atoms with Crippen LogP contribution in [0.15, 0.2) is 24.5 Å². The number of amides is 1. The van der Waals surface area contributed by atoms with E-state index in [4.69, 9.17) is 0 Å². The lowest BCUT2D eigenvalue weighted by Crippen LogP contribution is -2.33. The van der Waals surface area contributed by atoms with Gasteiger partial charge >= 0.3 is 0 Å². The molecule has 0 fully saturated rings. The van der Waals surface area contributed by atoms with Crippen molar-refractivity contribution in [2.45, 2.75) is 39.3 Å². The summed E-state index contributed by atoms with van der Waals surface area (Å²) in [6.07, 6.45) is 3.99. The second kappa shape index (κ2) is 6.45. The number of nitrogens with zero attached hydrogens (tertiary/aromatic N) is 1. The largest absolute Gasteiger partial charge is 0.393 e. The Labute approximate surface area is 103 Å². The lowest BCUT2D eigenvalue weighted by atomic mass is 10.0. The number of aliphatic hydroxyl groups is 1. The molecular weight excluding hydrogens is 216 g/mol. The van der Waals surface area contributed by atoms with Gasteiger partial charge in [0.25, 0.3) is 0 Å². The van der Waals surface area contributed by atoms with Crippen LogP contribution in [0.5, 0.6) is 0 Å². The van der Waals surface area contributed by atoms with Crippen molar-refractivity contribution in [2.75, 3.05) is 6.54 Å². The molecule has 0 radical (unpaired) electrons. The molecule has 4 nitrogen and oxygen atoms in total. The molecule has 1 amide bonds. The average Bonchev–Trinajstić information content (AvgIpc) is 2.80. The molecule has 0 aliphatic heterocycles. The fraction of sp³-hybridized carbons (Fsp3) is 0.615. The lowest BCUT2D eigenvalue weighted by Gasteiger charge is -2.17. The van der Waals surface area contributed by atoms with Gasteiger partial charge in [-0.2, -0.15) is 0 Å². The van der Waals surface area contributed by atoms with E-state index in [-0.39, 0.29) is 24.0 Å². The lowest BCUT2D eigenvalue weighted by molar-refractivity contribution is -0.123. The van der Waals surface area contributed by atoms with Crippen molar-refractivity contribution >= 4 is 5.91 Å². The number of hydrogen-bond donors (Lipinski definition) is 2. The average molecular weight is 238 g/mol. The van der Waals surface area contributed by atoms with Gasteiger partial charge in [-0.15, -0.1) is 0 Å². The molecule has 96 valence electrons. The van der Waals surface area contributed by atoms with Crippen LogP contribution in [0.25, 0.3) is 0 Å².